The van der Waals surface area contributed by atoms with Gasteiger partial charge in [-0.05, 0) is 13.3 Å². The van der Waals surface area contributed by atoms with Crippen molar-refractivity contribution in [3.63, 3.8) is 0 Å². The molecule has 1 aromatic heterocycles. The number of anilines is 2. The summed E-state index contributed by atoms with van der Waals surface area (Å²) >= 11 is 0. The van der Waals surface area contributed by atoms with Crippen LogP contribution in [0.15, 0.2) is 0 Å². The van der Waals surface area contributed by atoms with Gasteiger partial charge in [-0.25, -0.2) is 5.84 Å². The third kappa shape index (κ3) is 5.34. The van der Waals surface area contributed by atoms with Gasteiger partial charge in [0.25, 0.3) is 0 Å². The van der Waals surface area contributed by atoms with Crippen molar-refractivity contribution in [2.45, 2.75) is 32.7 Å². The Balaban J connectivity index is 2.78. The normalized spacial score (nSPS) is 11.7. The molecule has 0 aromatic carbocycles. The Labute approximate surface area is 111 Å². The minimum Gasteiger partial charge on any atom is -0.463 e. The second-order valence-corrected chi connectivity index (χ2v) is 3.97. The molecule has 19 heavy (non-hydrogen) atoms. The molecule has 0 fully saturated rings. The summed E-state index contributed by atoms with van der Waals surface area (Å²) in [6, 6.07) is -0.0388. The summed E-state index contributed by atoms with van der Waals surface area (Å²) in [5.74, 6) is 5.30. The summed E-state index contributed by atoms with van der Waals surface area (Å²) in [5, 5.41) is 2.93. The second-order valence-electron chi connectivity index (χ2n) is 3.97. The van der Waals surface area contributed by atoms with Gasteiger partial charge in [0.1, 0.15) is 0 Å². The van der Waals surface area contributed by atoms with Gasteiger partial charge < -0.3 is 15.8 Å². The monoisotopic (exact) mass is 269 g/mol. The maximum Gasteiger partial charge on any atom is 0.323 e. The van der Waals surface area contributed by atoms with Crippen molar-refractivity contribution < 1.29 is 9.53 Å². The fourth-order valence-corrected chi connectivity index (χ4v) is 1.32. The van der Waals surface area contributed by atoms with E-state index in [9.17, 15) is 4.79 Å². The molecule has 0 saturated heterocycles. The Hall–Kier alpha value is -2.16. The number of nitrogens with zero attached hydrogens (tertiary/aromatic N) is 3. The minimum atomic E-state index is -0.409. The zero-order chi connectivity index (χ0) is 14.3. The van der Waals surface area contributed by atoms with E-state index < -0.39 is 5.91 Å². The lowest BCUT2D eigenvalue weighted by molar-refractivity contribution is -0.118. The topological polar surface area (TPSA) is 141 Å². The third-order valence-corrected chi connectivity index (χ3v) is 2.06. The first-order valence-electron chi connectivity index (χ1n) is 5.95. The number of primary amides is 1. The number of amides is 1. The summed E-state index contributed by atoms with van der Waals surface area (Å²) in [7, 11) is 0. The lowest BCUT2D eigenvalue weighted by atomic mass is 10.2. The highest BCUT2D eigenvalue weighted by Crippen LogP contribution is 2.12. The summed E-state index contributed by atoms with van der Waals surface area (Å²) in [5.41, 5.74) is 7.43. The van der Waals surface area contributed by atoms with E-state index in [0.717, 1.165) is 6.42 Å². The number of nitrogens with two attached hydrogens (primary N) is 2. The molecule has 0 saturated carbocycles. The smallest absolute Gasteiger partial charge is 0.323 e. The van der Waals surface area contributed by atoms with Crippen LogP contribution in [0.2, 0.25) is 0 Å². The highest BCUT2D eigenvalue weighted by molar-refractivity contribution is 5.74. The number of ether oxygens (including phenoxy) is 1. The lowest BCUT2D eigenvalue weighted by Gasteiger charge is -2.13. The molecule has 0 aliphatic carbocycles. The molecule has 1 atom stereocenters. The third-order valence-electron chi connectivity index (χ3n) is 2.06. The van der Waals surface area contributed by atoms with Crippen LogP contribution >= 0.6 is 0 Å². The summed E-state index contributed by atoms with van der Waals surface area (Å²) in [6.07, 6.45) is 1.00. The highest BCUT2D eigenvalue weighted by atomic mass is 16.5. The fraction of sp³-hybridized carbons (Fsp3) is 0.600. The minimum absolute atomic E-state index is 0.165. The molecular formula is C10H19N7O2. The molecule has 0 aliphatic rings. The van der Waals surface area contributed by atoms with Crippen molar-refractivity contribution in [3.8, 4) is 6.01 Å². The van der Waals surface area contributed by atoms with Crippen LogP contribution in [0.4, 0.5) is 11.9 Å². The molecule has 1 amide bonds. The fourth-order valence-electron chi connectivity index (χ4n) is 1.32. The van der Waals surface area contributed by atoms with Crippen LogP contribution in [0.5, 0.6) is 6.01 Å². The molecule has 0 aliphatic heterocycles. The lowest BCUT2D eigenvalue weighted by Crippen LogP contribution is -2.25. The predicted octanol–water partition coefficient (Wildman–Crippen LogP) is -0.378. The number of nitrogens with one attached hydrogen (secondary N) is 2. The van der Waals surface area contributed by atoms with E-state index in [4.69, 9.17) is 16.3 Å². The number of nitrogen functional groups attached to an aromatic ring is 1. The second kappa shape index (κ2) is 7.31. The average molecular weight is 269 g/mol. The van der Waals surface area contributed by atoms with Crippen LogP contribution in [-0.4, -0.2) is 33.5 Å². The van der Waals surface area contributed by atoms with Crippen molar-refractivity contribution in [2.75, 3.05) is 17.3 Å². The first-order valence-corrected chi connectivity index (χ1v) is 5.95. The molecule has 0 radical (unpaired) electrons. The number of rotatable bonds is 8. The molecule has 1 unspecified atom stereocenters. The SMILES string of the molecule is CCCOc1nc(NN)nc(NC(C)CC(N)=O)n1. The summed E-state index contributed by atoms with van der Waals surface area (Å²) < 4.78 is 5.31. The van der Waals surface area contributed by atoms with E-state index in [0.29, 0.717) is 6.61 Å². The number of carbonyl (C=O) groups excluding carboxylic acids is 1. The zero-order valence-electron chi connectivity index (χ0n) is 11.0. The predicted molar refractivity (Wildman–Crippen MR) is 70.3 cm³/mol. The number of hydrogen-bond donors (Lipinski definition) is 4. The van der Waals surface area contributed by atoms with Crippen LogP contribution in [0.25, 0.3) is 0 Å². The van der Waals surface area contributed by atoms with Crippen molar-refractivity contribution in [2.24, 2.45) is 11.6 Å². The van der Waals surface area contributed by atoms with Gasteiger partial charge in [-0.2, -0.15) is 15.0 Å². The standard InChI is InChI=1S/C10H19N7O2/c1-3-4-19-10-15-8(14-9(16-10)17-12)13-6(2)5-7(11)18/h6H,3-5,12H2,1-2H3,(H2,11,18)(H2,13,14,15,16,17). The molecule has 9 nitrogen and oxygen atoms in total. The first-order chi connectivity index (χ1) is 9.05. The van der Waals surface area contributed by atoms with E-state index in [-0.39, 0.29) is 30.4 Å². The Morgan fingerprint density at radius 2 is 2.05 bits per heavy atom. The van der Waals surface area contributed by atoms with Gasteiger partial charge in [-0.15, -0.1) is 0 Å². The molecule has 9 heteroatoms. The molecule has 0 bridgehead atoms. The van der Waals surface area contributed by atoms with Gasteiger partial charge in [-0.3, -0.25) is 10.2 Å². The average Bonchev–Trinajstić information content (AvgIpc) is 2.34. The number of hydrazine groups is 1. The van der Waals surface area contributed by atoms with Gasteiger partial charge in [0, 0.05) is 12.5 Å². The molecule has 0 spiro atoms. The Morgan fingerprint density at radius 3 is 2.63 bits per heavy atom. The molecule has 1 rings (SSSR count). The molecule has 1 heterocycles. The Bertz CT molecular complexity index is 426. The maximum atomic E-state index is 10.8. The summed E-state index contributed by atoms with van der Waals surface area (Å²) in [4.78, 5) is 22.8. The van der Waals surface area contributed by atoms with Gasteiger partial charge in [0.15, 0.2) is 0 Å². The van der Waals surface area contributed by atoms with E-state index in [1.807, 2.05) is 6.92 Å². The van der Waals surface area contributed by atoms with E-state index in [2.05, 4.69) is 25.7 Å². The van der Waals surface area contributed by atoms with E-state index in [1.165, 1.54) is 0 Å². The molecule has 6 N–H and O–H groups in total. The quantitative estimate of drug-likeness (QED) is 0.369. The molecule has 1 aromatic rings. The number of carbonyl (C=O) groups is 1. The maximum absolute atomic E-state index is 10.8. The summed E-state index contributed by atoms with van der Waals surface area (Å²) in [6.45, 7) is 4.25. The largest absolute Gasteiger partial charge is 0.463 e. The van der Waals surface area contributed by atoms with Crippen LogP contribution < -0.4 is 27.1 Å². The van der Waals surface area contributed by atoms with Crippen LogP contribution in [0.1, 0.15) is 26.7 Å². The van der Waals surface area contributed by atoms with Crippen molar-refractivity contribution in [3.05, 3.63) is 0 Å². The van der Waals surface area contributed by atoms with Crippen LogP contribution in [-0.2, 0) is 4.79 Å². The van der Waals surface area contributed by atoms with Gasteiger partial charge >= 0.3 is 6.01 Å². The highest BCUT2D eigenvalue weighted by Gasteiger charge is 2.11. The number of hydrogen-bond acceptors (Lipinski definition) is 8. The van der Waals surface area contributed by atoms with Gasteiger partial charge in [-0.1, -0.05) is 6.92 Å². The van der Waals surface area contributed by atoms with Crippen molar-refractivity contribution in [1.29, 1.82) is 0 Å². The van der Waals surface area contributed by atoms with E-state index >= 15 is 0 Å². The van der Waals surface area contributed by atoms with Crippen molar-refractivity contribution in [1.82, 2.24) is 15.0 Å². The molecular weight excluding hydrogens is 250 g/mol. The Morgan fingerprint density at radius 1 is 1.37 bits per heavy atom. The van der Waals surface area contributed by atoms with Gasteiger partial charge in [0.2, 0.25) is 17.8 Å². The zero-order valence-corrected chi connectivity index (χ0v) is 11.0. The van der Waals surface area contributed by atoms with Crippen LogP contribution in [0, 0.1) is 0 Å². The number of aromatic nitrogens is 3. The van der Waals surface area contributed by atoms with Crippen LogP contribution in [0.3, 0.4) is 0 Å². The van der Waals surface area contributed by atoms with Crippen molar-refractivity contribution >= 4 is 17.8 Å². The van der Waals surface area contributed by atoms with E-state index in [1.54, 1.807) is 6.92 Å². The Kier molecular flexibility index (Phi) is 5.73. The molecule has 106 valence electrons. The van der Waals surface area contributed by atoms with Gasteiger partial charge in [0.05, 0.1) is 6.61 Å². The first kappa shape index (κ1) is 14.9.